The summed E-state index contributed by atoms with van der Waals surface area (Å²) in [7, 11) is 0. The van der Waals surface area contributed by atoms with Crippen molar-refractivity contribution in [3.8, 4) is 11.1 Å². The van der Waals surface area contributed by atoms with Gasteiger partial charge in [0.25, 0.3) is 0 Å². The third kappa shape index (κ3) is 7.55. The highest BCUT2D eigenvalue weighted by molar-refractivity contribution is 6.05. The number of Topliss-reactive ketones (excluding diaryl/α,β-unsaturated/α-hetero) is 1. The number of aliphatic imine (C=N–C) groups is 2. The number of nitrogens with two attached hydrogens (primary N) is 1. The molecule has 5 nitrogen and oxygen atoms in total. The molecule has 2 aromatic rings. The van der Waals surface area contributed by atoms with Crippen LogP contribution in [0.15, 0.2) is 105 Å². The summed E-state index contributed by atoms with van der Waals surface area (Å²) in [6.07, 6.45) is 20.1. The average molecular weight is 574 g/mol. The van der Waals surface area contributed by atoms with Crippen LogP contribution < -0.4 is 5.73 Å². The summed E-state index contributed by atoms with van der Waals surface area (Å²) in [6.45, 7) is 5.59. The SMILES string of the molecule is CCC1=CN=C(C=C2CCC(C=C3CC=Nc4cc(-c5ccc(C(=O)C(N)C(C)(C)CO)cc5)ccc4C3)CC2)C=C=C1. The molecule has 5 rings (SSSR count). The molecule has 43 heavy (non-hydrogen) atoms. The largest absolute Gasteiger partial charge is 0.396 e. The molecule has 1 atom stereocenters. The molecule has 0 aromatic heterocycles. The Kier molecular flexibility index (Phi) is 9.67. The summed E-state index contributed by atoms with van der Waals surface area (Å²) in [5, 5.41) is 9.59. The van der Waals surface area contributed by atoms with Crippen LogP contribution in [0, 0.1) is 11.3 Å². The van der Waals surface area contributed by atoms with Gasteiger partial charge in [-0.25, -0.2) is 0 Å². The zero-order valence-electron chi connectivity index (χ0n) is 25.6. The van der Waals surface area contributed by atoms with E-state index in [4.69, 9.17) is 10.7 Å². The van der Waals surface area contributed by atoms with Crippen LogP contribution in [0.1, 0.15) is 75.2 Å². The lowest BCUT2D eigenvalue weighted by Crippen LogP contribution is -2.46. The standard InChI is InChI=1S/C38H43N3O2/c1-4-26-6-5-7-34(41-24-26)22-28-10-8-27(9-11-28)20-29-18-19-40-35-23-32(16-17-33(35)21-29)30-12-14-31(15-13-30)36(43)37(39)38(2,3)25-42/h6-7,12-17,19-20,22-24,27,37,42H,4,8-11,18,21,25,39H2,1-3H3. The van der Waals surface area contributed by atoms with Gasteiger partial charge in [0, 0.05) is 35.9 Å². The first-order chi connectivity index (χ1) is 20.8. The van der Waals surface area contributed by atoms with Gasteiger partial charge in [-0.1, -0.05) is 74.4 Å². The van der Waals surface area contributed by atoms with Crippen molar-refractivity contribution in [2.75, 3.05) is 6.61 Å². The monoisotopic (exact) mass is 573 g/mol. The highest BCUT2D eigenvalue weighted by Gasteiger charge is 2.32. The number of fused-ring (bicyclic) bond motifs is 1. The second kappa shape index (κ2) is 13.6. The number of benzene rings is 2. The Morgan fingerprint density at radius 2 is 1.84 bits per heavy atom. The molecule has 2 aromatic carbocycles. The highest BCUT2D eigenvalue weighted by atomic mass is 16.3. The second-order valence-electron chi connectivity index (χ2n) is 12.6. The summed E-state index contributed by atoms with van der Waals surface area (Å²) in [6, 6.07) is 13.3. The van der Waals surface area contributed by atoms with Gasteiger partial charge in [-0.3, -0.25) is 14.8 Å². The number of hydrogen-bond acceptors (Lipinski definition) is 5. The van der Waals surface area contributed by atoms with Crippen LogP contribution >= 0.6 is 0 Å². The molecule has 222 valence electrons. The third-order valence-electron chi connectivity index (χ3n) is 8.90. The van der Waals surface area contributed by atoms with Gasteiger partial charge in [-0.15, -0.1) is 5.73 Å². The maximum atomic E-state index is 12.9. The predicted octanol–water partition coefficient (Wildman–Crippen LogP) is 8.03. The Morgan fingerprint density at radius 3 is 2.56 bits per heavy atom. The van der Waals surface area contributed by atoms with Crippen LogP contribution in [0.25, 0.3) is 11.1 Å². The van der Waals surface area contributed by atoms with E-state index in [9.17, 15) is 9.90 Å². The van der Waals surface area contributed by atoms with Gasteiger partial charge in [0.2, 0.25) is 0 Å². The Morgan fingerprint density at radius 1 is 1.09 bits per heavy atom. The number of allylic oxidation sites excluding steroid dienone is 6. The first-order valence-corrected chi connectivity index (χ1v) is 15.5. The molecule has 3 N–H and O–H groups in total. The molecular weight excluding hydrogens is 530 g/mol. The van der Waals surface area contributed by atoms with Crippen molar-refractivity contribution >= 4 is 23.4 Å². The van der Waals surface area contributed by atoms with Crippen molar-refractivity contribution in [1.82, 2.24) is 0 Å². The minimum Gasteiger partial charge on any atom is -0.396 e. The van der Waals surface area contributed by atoms with Gasteiger partial charge in [0.05, 0.1) is 24.0 Å². The van der Waals surface area contributed by atoms with E-state index >= 15 is 0 Å². The molecular formula is C38H43N3O2. The summed E-state index contributed by atoms with van der Waals surface area (Å²) in [4.78, 5) is 22.3. The van der Waals surface area contributed by atoms with E-state index < -0.39 is 11.5 Å². The molecule has 3 aliphatic rings. The van der Waals surface area contributed by atoms with E-state index in [0.29, 0.717) is 11.5 Å². The molecule has 2 heterocycles. The number of rotatable bonds is 8. The van der Waals surface area contributed by atoms with Crippen LogP contribution in [0.3, 0.4) is 0 Å². The Labute approximate surface area is 256 Å². The number of hydrogen-bond donors (Lipinski definition) is 2. The van der Waals surface area contributed by atoms with E-state index in [2.05, 4.69) is 48.0 Å². The first-order valence-electron chi connectivity index (χ1n) is 15.5. The molecule has 1 saturated carbocycles. The molecule has 1 unspecified atom stereocenters. The smallest absolute Gasteiger partial charge is 0.180 e. The van der Waals surface area contributed by atoms with E-state index in [1.54, 1.807) is 13.8 Å². The van der Waals surface area contributed by atoms with Crippen LogP contribution in [-0.2, 0) is 6.42 Å². The van der Waals surface area contributed by atoms with Gasteiger partial charge in [0.1, 0.15) is 0 Å². The van der Waals surface area contributed by atoms with Crippen LogP contribution in [0.4, 0.5) is 5.69 Å². The number of aliphatic hydroxyl groups is 1. The van der Waals surface area contributed by atoms with Crippen molar-refractivity contribution < 1.29 is 9.90 Å². The summed E-state index contributed by atoms with van der Waals surface area (Å²) < 4.78 is 0. The van der Waals surface area contributed by atoms with Gasteiger partial charge < -0.3 is 10.8 Å². The molecule has 0 spiro atoms. The van der Waals surface area contributed by atoms with Crippen LogP contribution in [-0.4, -0.2) is 35.5 Å². The first kappa shape index (κ1) is 30.6. The third-order valence-corrected chi connectivity index (χ3v) is 8.90. The molecule has 2 aliphatic heterocycles. The maximum absolute atomic E-state index is 12.9. The quantitative estimate of drug-likeness (QED) is 0.190. The van der Waals surface area contributed by atoms with Gasteiger partial charge in [-0.05, 0) is 84.9 Å². The van der Waals surface area contributed by atoms with Crippen molar-refractivity contribution in [3.63, 3.8) is 0 Å². The summed E-state index contributed by atoms with van der Waals surface area (Å²) >= 11 is 0. The van der Waals surface area contributed by atoms with Gasteiger partial charge in [0.15, 0.2) is 5.78 Å². The van der Waals surface area contributed by atoms with Crippen LogP contribution in [0.2, 0.25) is 0 Å². The number of ketones is 1. The fourth-order valence-electron chi connectivity index (χ4n) is 5.78. The normalized spacial score (nSPS) is 20.2. The van der Waals surface area contributed by atoms with E-state index in [1.165, 1.54) is 35.1 Å². The fourth-order valence-corrected chi connectivity index (χ4v) is 5.78. The van der Waals surface area contributed by atoms with Gasteiger partial charge in [-0.2, -0.15) is 0 Å². The molecule has 1 fully saturated rings. The lowest BCUT2D eigenvalue weighted by Gasteiger charge is -2.28. The Bertz CT molecular complexity index is 1570. The highest BCUT2D eigenvalue weighted by Crippen LogP contribution is 2.35. The lowest BCUT2D eigenvalue weighted by atomic mass is 9.81. The number of carbonyl (C=O) groups is 1. The maximum Gasteiger partial charge on any atom is 0.180 e. The molecule has 0 bridgehead atoms. The minimum atomic E-state index is -0.761. The number of carbonyl (C=O) groups excluding carboxylic acids is 1. The predicted molar refractivity (Wildman–Crippen MR) is 178 cm³/mol. The topological polar surface area (TPSA) is 88.0 Å². The summed E-state index contributed by atoms with van der Waals surface area (Å²) in [5.41, 5.74) is 18.8. The minimum absolute atomic E-state index is 0.145. The van der Waals surface area contributed by atoms with Crippen LogP contribution in [0.5, 0.6) is 0 Å². The van der Waals surface area contributed by atoms with Crippen molar-refractivity contribution in [2.24, 2.45) is 27.1 Å². The molecule has 0 saturated heterocycles. The zero-order chi connectivity index (χ0) is 30.4. The van der Waals surface area contributed by atoms with E-state index in [-0.39, 0.29) is 12.4 Å². The Balaban J connectivity index is 1.22. The van der Waals surface area contributed by atoms with E-state index in [0.717, 1.165) is 54.6 Å². The Hall–Kier alpha value is -3.89. The number of nitrogens with zero attached hydrogens (tertiary/aromatic N) is 2. The number of aliphatic hydroxyl groups excluding tert-OH is 1. The zero-order valence-corrected chi connectivity index (χ0v) is 25.6. The fraction of sp³-hybridized carbons (Fsp3) is 0.368. The second-order valence-corrected chi connectivity index (χ2v) is 12.6. The molecule has 0 amide bonds. The van der Waals surface area contributed by atoms with Crippen molar-refractivity contribution in [2.45, 2.75) is 71.8 Å². The molecule has 0 radical (unpaired) electrons. The molecule has 1 aliphatic carbocycles. The van der Waals surface area contributed by atoms with E-state index in [1.807, 2.05) is 48.8 Å². The average Bonchev–Trinajstić information content (AvgIpc) is 3.38. The van der Waals surface area contributed by atoms with Gasteiger partial charge >= 0.3 is 0 Å². The van der Waals surface area contributed by atoms with Crippen molar-refractivity contribution in [3.05, 3.63) is 107 Å². The summed E-state index contributed by atoms with van der Waals surface area (Å²) in [5.74, 6) is 0.435. The molecule has 5 heteroatoms. The van der Waals surface area contributed by atoms with Crippen molar-refractivity contribution in [1.29, 1.82) is 0 Å². The lowest BCUT2D eigenvalue weighted by molar-refractivity contribution is 0.0788.